The van der Waals surface area contributed by atoms with Crippen LogP contribution in [0.1, 0.15) is 6.92 Å². The maximum Gasteiger partial charge on any atom is 0.188 e. The quantitative estimate of drug-likeness (QED) is 0.368. The van der Waals surface area contributed by atoms with Crippen molar-refractivity contribution in [2.75, 3.05) is 66.6 Å². The Kier molecular flexibility index (Phi) is 7.78. The number of likely N-dealkylation sites (N-methyl/N-ethyl adjacent to an activating group) is 1. The van der Waals surface area contributed by atoms with Crippen LogP contribution in [-0.4, -0.2) is 82.3 Å². The Morgan fingerprint density at radius 1 is 1.37 bits per heavy atom. The first-order chi connectivity index (χ1) is 9.11. The van der Waals surface area contributed by atoms with Crippen LogP contribution in [0.2, 0.25) is 0 Å². The average Bonchev–Trinajstić information content (AvgIpc) is 2.39. The van der Waals surface area contributed by atoms with Gasteiger partial charge >= 0.3 is 0 Å². The summed E-state index contributed by atoms with van der Waals surface area (Å²) in [7, 11) is 3.85. The number of hydrogen-bond acceptors (Lipinski definition) is 4. The molecule has 19 heavy (non-hydrogen) atoms. The molecule has 0 bridgehead atoms. The lowest BCUT2D eigenvalue weighted by atomic mass is 10.1. The van der Waals surface area contributed by atoms with E-state index in [1.165, 1.54) is 0 Å². The molecule has 0 saturated carbocycles. The third-order valence-corrected chi connectivity index (χ3v) is 3.35. The van der Waals surface area contributed by atoms with Crippen LogP contribution in [0.5, 0.6) is 0 Å². The van der Waals surface area contributed by atoms with E-state index >= 15 is 0 Å². The first-order valence-electron chi connectivity index (χ1n) is 7.05. The summed E-state index contributed by atoms with van der Waals surface area (Å²) in [5.41, 5.74) is 5.78. The van der Waals surface area contributed by atoms with Crippen molar-refractivity contribution < 1.29 is 4.74 Å². The highest BCUT2D eigenvalue weighted by Crippen LogP contribution is 2.04. The molecule has 0 aromatic carbocycles. The first-order valence-corrected chi connectivity index (χ1v) is 7.05. The molecule has 1 atom stereocenters. The Hall–Kier alpha value is -0.850. The molecule has 112 valence electrons. The topological polar surface area (TPSA) is 66.1 Å². The number of piperazine rings is 1. The van der Waals surface area contributed by atoms with Crippen molar-refractivity contribution in [1.29, 1.82) is 0 Å². The molecule has 6 nitrogen and oxygen atoms in total. The fourth-order valence-electron chi connectivity index (χ4n) is 2.12. The summed E-state index contributed by atoms with van der Waals surface area (Å²) in [6, 6.07) is 0. The third kappa shape index (κ3) is 7.34. The van der Waals surface area contributed by atoms with E-state index in [4.69, 9.17) is 10.5 Å². The second-order valence-corrected chi connectivity index (χ2v) is 5.35. The van der Waals surface area contributed by atoms with Crippen molar-refractivity contribution >= 4 is 5.96 Å². The van der Waals surface area contributed by atoms with Gasteiger partial charge in [0, 0.05) is 52.9 Å². The van der Waals surface area contributed by atoms with Gasteiger partial charge in [0.15, 0.2) is 5.96 Å². The lowest BCUT2D eigenvalue weighted by Crippen LogP contribution is -2.46. The van der Waals surface area contributed by atoms with Gasteiger partial charge in [0.05, 0.1) is 6.61 Å². The van der Waals surface area contributed by atoms with Gasteiger partial charge < -0.3 is 25.6 Å². The molecule has 0 radical (unpaired) electrons. The van der Waals surface area contributed by atoms with Crippen molar-refractivity contribution in [2.24, 2.45) is 16.6 Å². The summed E-state index contributed by atoms with van der Waals surface area (Å²) in [5, 5.41) is 3.03. The van der Waals surface area contributed by atoms with Crippen LogP contribution >= 0.6 is 0 Å². The van der Waals surface area contributed by atoms with Gasteiger partial charge in [0.2, 0.25) is 0 Å². The molecular formula is C13H29N5O. The molecule has 0 aromatic rings. The molecule has 6 heteroatoms. The van der Waals surface area contributed by atoms with Crippen LogP contribution in [-0.2, 0) is 4.74 Å². The second-order valence-electron chi connectivity index (χ2n) is 5.35. The summed E-state index contributed by atoms with van der Waals surface area (Å²) >= 11 is 0. The van der Waals surface area contributed by atoms with Gasteiger partial charge in [-0.15, -0.1) is 0 Å². The van der Waals surface area contributed by atoms with Gasteiger partial charge in [0.25, 0.3) is 0 Å². The Morgan fingerprint density at radius 2 is 2.05 bits per heavy atom. The molecule has 1 saturated heterocycles. The lowest BCUT2D eigenvalue weighted by Gasteiger charge is -2.33. The highest BCUT2D eigenvalue weighted by molar-refractivity contribution is 5.77. The van der Waals surface area contributed by atoms with Crippen LogP contribution in [0, 0.1) is 5.92 Å². The molecule has 0 amide bonds. The highest BCUT2D eigenvalue weighted by Gasteiger charge is 2.15. The maximum atomic E-state index is 5.78. The minimum atomic E-state index is 0.516. The SMILES string of the molecule is COCCNC(N)=NCC(C)CN1CCN(C)CC1. The molecular weight excluding hydrogens is 242 g/mol. The summed E-state index contributed by atoms with van der Waals surface area (Å²) in [5.74, 6) is 1.05. The van der Waals surface area contributed by atoms with Crippen molar-refractivity contribution in [3.05, 3.63) is 0 Å². The summed E-state index contributed by atoms with van der Waals surface area (Å²) in [6.45, 7) is 10.1. The number of aliphatic imine (C=N–C) groups is 1. The molecule has 3 N–H and O–H groups in total. The van der Waals surface area contributed by atoms with Crippen LogP contribution in [0.4, 0.5) is 0 Å². The number of methoxy groups -OCH3 is 1. The molecule has 0 aliphatic carbocycles. The van der Waals surface area contributed by atoms with Crippen LogP contribution in [0.25, 0.3) is 0 Å². The van der Waals surface area contributed by atoms with E-state index in [0.29, 0.717) is 25.0 Å². The Labute approximate surface area is 117 Å². The standard InChI is InChI=1S/C13H29N5O/c1-12(10-16-13(14)15-4-9-19-3)11-18-7-5-17(2)6-8-18/h12H,4-11H2,1-3H3,(H3,14,15,16). The summed E-state index contributed by atoms with van der Waals surface area (Å²) < 4.78 is 4.94. The van der Waals surface area contributed by atoms with E-state index in [0.717, 1.165) is 39.3 Å². The van der Waals surface area contributed by atoms with Gasteiger partial charge in [0.1, 0.15) is 0 Å². The number of ether oxygens (including phenoxy) is 1. The van der Waals surface area contributed by atoms with E-state index < -0.39 is 0 Å². The molecule has 0 spiro atoms. The van der Waals surface area contributed by atoms with Crippen LogP contribution in [0.15, 0.2) is 4.99 Å². The number of rotatable bonds is 7. The molecule has 1 aliphatic heterocycles. The van der Waals surface area contributed by atoms with Gasteiger partial charge in [-0.2, -0.15) is 0 Å². The largest absolute Gasteiger partial charge is 0.383 e. The predicted octanol–water partition coefficient (Wildman–Crippen LogP) is -0.579. The Morgan fingerprint density at radius 3 is 2.68 bits per heavy atom. The Bertz CT molecular complexity index is 264. The fourth-order valence-corrected chi connectivity index (χ4v) is 2.12. The lowest BCUT2D eigenvalue weighted by molar-refractivity contribution is 0.140. The van der Waals surface area contributed by atoms with Crippen molar-refractivity contribution in [1.82, 2.24) is 15.1 Å². The fraction of sp³-hybridized carbons (Fsp3) is 0.923. The summed E-state index contributed by atoms with van der Waals surface area (Å²) in [4.78, 5) is 9.25. The number of nitrogens with two attached hydrogens (primary N) is 1. The minimum Gasteiger partial charge on any atom is -0.383 e. The van der Waals surface area contributed by atoms with Crippen molar-refractivity contribution in [2.45, 2.75) is 6.92 Å². The zero-order valence-electron chi connectivity index (χ0n) is 12.6. The molecule has 1 unspecified atom stereocenters. The van der Waals surface area contributed by atoms with Gasteiger partial charge in [-0.3, -0.25) is 4.99 Å². The van der Waals surface area contributed by atoms with E-state index in [-0.39, 0.29) is 0 Å². The molecule has 0 aromatic heterocycles. The zero-order valence-corrected chi connectivity index (χ0v) is 12.6. The number of nitrogens with zero attached hydrogens (tertiary/aromatic N) is 3. The molecule has 1 rings (SSSR count). The zero-order chi connectivity index (χ0) is 14.1. The number of hydrogen-bond donors (Lipinski definition) is 2. The molecule has 1 aliphatic rings. The normalized spacial score (nSPS) is 20.5. The second kappa shape index (κ2) is 9.12. The van der Waals surface area contributed by atoms with Crippen LogP contribution in [0.3, 0.4) is 0 Å². The van der Waals surface area contributed by atoms with E-state index in [2.05, 4.69) is 34.1 Å². The minimum absolute atomic E-state index is 0.516. The van der Waals surface area contributed by atoms with E-state index in [1.54, 1.807) is 7.11 Å². The van der Waals surface area contributed by atoms with Gasteiger partial charge in [-0.1, -0.05) is 6.92 Å². The number of guanidine groups is 1. The Balaban J connectivity index is 2.16. The first kappa shape index (κ1) is 16.2. The highest BCUT2D eigenvalue weighted by atomic mass is 16.5. The van der Waals surface area contributed by atoms with Crippen LogP contribution < -0.4 is 11.1 Å². The maximum absolute atomic E-state index is 5.78. The summed E-state index contributed by atoms with van der Waals surface area (Å²) in [6.07, 6.45) is 0. The van der Waals surface area contributed by atoms with E-state index in [9.17, 15) is 0 Å². The monoisotopic (exact) mass is 271 g/mol. The van der Waals surface area contributed by atoms with Crippen molar-refractivity contribution in [3.8, 4) is 0 Å². The molecule has 1 heterocycles. The van der Waals surface area contributed by atoms with Gasteiger partial charge in [-0.25, -0.2) is 0 Å². The predicted molar refractivity (Wildman–Crippen MR) is 79.5 cm³/mol. The van der Waals surface area contributed by atoms with E-state index in [1.807, 2.05) is 0 Å². The number of nitrogens with one attached hydrogen (secondary N) is 1. The molecule has 1 fully saturated rings. The smallest absolute Gasteiger partial charge is 0.188 e. The van der Waals surface area contributed by atoms with Crippen molar-refractivity contribution in [3.63, 3.8) is 0 Å². The van der Waals surface area contributed by atoms with Gasteiger partial charge in [-0.05, 0) is 13.0 Å². The average molecular weight is 271 g/mol. The third-order valence-electron chi connectivity index (χ3n) is 3.35.